The van der Waals surface area contributed by atoms with E-state index in [-0.39, 0.29) is 5.92 Å². The second-order valence-corrected chi connectivity index (χ2v) is 5.80. The smallest absolute Gasteiger partial charge is 0.0905 e. The van der Waals surface area contributed by atoms with Gasteiger partial charge in [0.05, 0.1) is 23.9 Å². The molecule has 2 aliphatic heterocycles. The molecule has 1 N–H and O–H groups in total. The Hall–Kier alpha value is -3.33. The normalized spacial score (nSPS) is 19.0. The van der Waals surface area contributed by atoms with Crippen LogP contribution in [0.4, 0.5) is 0 Å². The Morgan fingerprint density at radius 1 is 0.800 bits per heavy atom. The minimum absolute atomic E-state index is 0.0430. The molecule has 0 radical (unpaired) electrons. The molecule has 2 aromatic rings. The molecule has 3 nitrogen and oxygen atoms in total. The van der Waals surface area contributed by atoms with Gasteiger partial charge < -0.3 is 4.74 Å². The summed E-state index contributed by atoms with van der Waals surface area (Å²) in [6.45, 7) is 0. The highest BCUT2D eigenvalue weighted by Crippen LogP contribution is 2.31. The van der Waals surface area contributed by atoms with E-state index in [0.717, 1.165) is 28.1 Å². The number of hydrazone groups is 1. The van der Waals surface area contributed by atoms with Gasteiger partial charge in [0.25, 0.3) is 0 Å². The molecule has 0 aromatic heterocycles. The molecule has 0 amide bonds. The Balaban J connectivity index is 1.85. The van der Waals surface area contributed by atoms with Gasteiger partial charge in [-0.2, -0.15) is 5.10 Å². The predicted octanol–water partition coefficient (Wildman–Crippen LogP) is 4.64. The van der Waals surface area contributed by atoms with Crippen LogP contribution >= 0.6 is 0 Å². The van der Waals surface area contributed by atoms with E-state index in [2.05, 4.69) is 35.8 Å². The highest BCUT2D eigenvalue weighted by atomic mass is 16.5. The lowest BCUT2D eigenvalue weighted by Crippen LogP contribution is -2.27. The van der Waals surface area contributed by atoms with E-state index >= 15 is 0 Å². The first-order valence-corrected chi connectivity index (χ1v) is 8.27. The standard InChI is InChI=1S/C22H18N2O/c1-3-9-17(10-4-1)21-19-13-7-8-15-25-16-14-20(19)22(24-23-21)18-11-5-2-6-12-18/h1-16,19,24H. The maximum absolute atomic E-state index is 5.41. The fraction of sp³-hybridized carbons (Fsp3) is 0.0455. The molecule has 1 unspecified atom stereocenters. The number of ether oxygens (including phenoxy) is 1. The van der Waals surface area contributed by atoms with Gasteiger partial charge in [-0.05, 0) is 28.9 Å². The number of rotatable bonds is 2. The van der Waals surface area contributed by atoms with E-state index in [1.165, 1.54) is 0 Å². The number of nitrogens with one attached hydrogen (secondary N) is 1. The molecule has 3 heteroatoms. The van der Waals surface area contributed by atoms with Crippen molar-refractivity contribution in [1.29, 1.82) is 0 Å². The average Bonchev–Trinajstić information content (AvgIpc) is 2.81. The molecule has 2 heterocycles. The Labute approximate surface area is 147 Å². The largest absolute Gasteiger partial charge is 0.473 e. The topological polar surface area (TPSA) is 33.6 Å². The molecule has 0 spiro atoms. The van der Waals surface area contributed by atoms with Crippen LogP contribution in [-0.4, -0.2) is 5.71 Å². The lowest BCUT2D eigenvalue weighted by atomic mass is 9.85. The summed E-state index contributed by atoms with van der Waals surface area (Å²) in [5, 5.41) is 4.70. The monoisotopic (exact) mass is 326 g/mol. The van der Waals surface area contributed by atoms with Crippen LogP contribution < -0.4 is 5.43 Å². The first-order valence-electron chi connectivity index (χ1n) is 8.27. The zero-order valence-corrected chi connectivity index (χ0v) is 13.7. The summed E-state index contributed by atoms with van der Waals surface area (Å²) < 4.78 is 5.41. The van der Waals surface area contributed by atoms with Gasteiger partial charge in [0.1, 0.15) is 0 Å². The third kappa shape index (κ3) is 3.17. The van der Waals surface area contributed by atoms with Gasteiger partial charge in [-0.3, -0.25) is 5.43 Å². The third-order valence-electron chi connectivity index (χ3n) is 4.24. The molecule has 122 valence electrons. The maximum Gasteiger partial charge on any atom is 0.0905 e. The maximum atomic E-state index is 5.41. The molecule has 0 aliphatic carbocycles. The Morgan fingerprint density at radius 2 is 1.52 bits per heavy atom. The molecule has 1 atom stereocenters. The number of hydrogen-bond acceptors (Lipinski definition) is 3. The molecule has 2 aromatic carbocycles. The van der Waals surface area contributed by atoms with Gasteiger partial charge in [-0.25, -0.2) is 0 Å². The van der Waals surface area contributed by atoms with Crippen molar-refractivity contribution in [3.8, 4) is 0 Å². The van der Waals surface area contributed by atoms with E-state index in [0.29, 0.717) is 0 Å². The summed E-state index contributed by atoms with van der Waals surface area (Å²) in [5.74, 6) is 0.0430. The lowest BCUT2D eigenvalue weighted by molar-refractivity contribution is 0.402. The van der Waals surface area contributed by atoms with Gasteiger partial charge in [-0.1, -0.05) is 72.8 Å². The molecule has 0 bridgehead atoms. The first-order chi connectivity index (χ1) is 12.4. The second-order valence-electron chi connectivity index (χ2n) is 5.80. The number of allylic oxidation sites excluding steroid dienone is 5. The average molecular weight is 326 g/mol. The summed E-state index contributed by atoms with van der Waals surface area (Å²) in [5.41, 5.74) is 8.58. The molecule has 0 saturated carbocycles. The van der Waals surface area contributed by atoms with Crippen LogP contribution in [0.15, 0.2) is 108 Å². The number of nitrogens with zero attached hydrogens (tertiary/aromatic N) is 1. The third-order valence-corrected chi connectivity index (χ3v) is 4.24. The Kier molecular flexibility index (Phi) is 4.29. The van der Waals surface area contributed by atoms with Crippen molar-refractivity contribution in [3.63, 3.8) is 0 Å². The molecule has 25 heavy (non-hydrogen) atoms. The van der Waals surface area contributed by atoms with Gasteiger partial charge in [0.15, 0.2) is 0 Å². The highest BCUT2D eigenvalue weighted by molar-refractivity contribution is 6.07. The molecular formula is C22H18N2O. The van der Waals surface area contributed by atoms with Crippen LogP contribution in [-0.2, 0) is 4.74 Å². The van der Waals surface area contributed by atoms with Gasteiger partial charge in [-0.15, -0.1) is 0 Å². The molecule has 2 aliphatic rings. The quantitative estimate of drug-likeness (QED) is 0.872. The lowest BCUT2D eigenvalue weighted by Gasteiger charge is -2.26. The van der Waals surface area contributed by atoms with E-state index < -0.39 is 0 Å². The zero-order valence-electron chi connectivity index (χ0n) is 13.7. The van der Waals surface area contributed by atoms with Crippen molar-refractivity contribution >= 4 is 11.4 Å². The second kappa shape index (κ2) is 7.05. The molecule has 0 saturated heterocycles. The van der Waals surface area contributed by atoms with Crippen molar-refractivity contribution in [2.75, 3.05) is 0 Å². The van der Waals surface area contributed by atoms with Crippen molar-refractivity contribution in [2.24, 2.45) is 11.0 Å². The minimum atomic E-state index is 0.0430. The van der Waals surface area contributed by atoms with Crippen LogP contribution in [0.3, 0.4) is 0 Å². The molecule has 4 rings (SSSR count). The Morgan fingerprint density at radius 3 is 2.28 bits per heavy atom. The minimum Gasteiger partial charge on any atom is -0.473 e. The van der Waals surface area contributed by atoms with Crippen molar-refractivity contribution in [1.82, 2.24) is 5.43 Å². The van der Waals surface area contributed by atoms with E-state index in [9.17, 15) is 0 Å². The van der Waals surface area contributed by atoms with Crippen LogP contribution in [0.25, 0.3) is 5.70 Å². The summed E-state index contributed by atoms with van der Waals surface area (Å²) >= 11 is 0. The van der Waals surface area contributed by atoms with E-state index in [4.69, 9.17) is 9.84 Å². The zero-order chi connectivity index (χ0) is 16.9. The van der Waals surface area contributed by atoms with Crippen LogP contribution in [0.2, 0.25) is 0 Å². The van der Waals surface area contributed by atoms with Crippen LogP contribution in [0.5, 0.6) is 0 Å². The van der Waals surface area contributed by atoms with E-state index in [1.807, 2.05) is 54.6 Å². The van der Waals surface area contributed by atoms with Crippen LogP contribution in [0, 0.1) is 5.92 Å². The van der Waals surface area contributed by atoms with Crippen molar-refractivity contribution < 1.29 is 4.74 Å². The fourth-order valence-electron chi connectivity index (χ4n) is 3.05. The van der Waals surface area contributed by atoms with Gasteiger partial charge >= 0.3 is 0 Å². The number of fused-ring (bicyclic) bond motifs is 1. The van der Waals surface area contributed by atoms with Crippen molar-refractivity contribution in [3.05, 3.63) is 114 Å². The summed E-state index contributed by atoms with van der Waals surface area (Å²) in [6, 6.07) is 20.5. The van der Waals surface area contributed by atoms with Gasteiger partial charge in [0, 0.05) is 5.92 Å². The summed E-state index contributed by atoms with van der Waals surface area (Å²) in [7, 11) is 0. The number of hydrogen-bond donors (Lipinski definition) is 1. The molecular weight excluding hydrogens is 308 g/mol. The van der Waals surface area contributed by atoms with Crippen molar-refractivity contribution in [2.45, 2.75) is 0 Å². The van der Waals surface area contributed by atoms with Crippen LogP contribution in [0.1, 0.15) is 11.1 Å². The highest BCUT2D eigenvalue weighted by Gasteiger charge is 2.26. The fourth-order valence-corrected chi connectivity index (χ4v) is 3.05. The predicted molar refractivity (Wildman–Crippen MR) is 101 cm³/mol. The Bertz CT molecular complexity index is 890. The van der Waals surface area contributed by atoms with E-state index in [1.54, 1.807) is 12.5 Å². The summed E-state index contributed by atoms with van der Waals surface area (Å²) in [6.07, 6.45) is 11.4. The molecule has 0 fully saturated rings. The summed E-state index contributed by atoms with van der Waals surface area (Å²) in [4.78, 5) is 0. The SMILES string of the molecule is C1=COC=CC2=C(c3ccccc3)NN=C(c3ccccc3)C2C=C1. The van der Waals surface area contributed by atoms with Gasteiger partial charge in [0.2, 0.25) is 0 Å². The first kappa shape index (κ1) is 15.2. The number of benzene rings is 2.